The zero-order valence-corrected chi connectivity index (χ0v) is 14.8. The first-order chi connectivity index (χ1) is 11.6. The van der Waals surface area contributed by atoms with Crippen molar-refractivity contribution in [3.63, 3.8) is 0 Å². The third-order valence-electron chi connectivity index (χ3n) is 4.55. The molecule has 1 unspecified atom stereocenters. The van der Waals surface area contributed by atoms with Crippen molar-refractivity contribution in [2.75, 3.05) is 13.6 Å². The molecule has 0 fully saturated rings. The lowest BCUT2D eigenvalue weighted by molar-refractivity contribution is -0.113. The van der Waals surface area contributed by atoms with E-state index in [-0.39, 0.29) is 5.82 Å². The molecule has 0 aliphatic heterocycles. The number of aldehydes is 1. The predicted octanol–water partition coefficient (Wildman–Crippen LogP) is 4.37. The van der Waals surface area contributed by atoms with Crippen LogP contribution in [0.15, 0.2) is 48.5 Å². The summed E-state index contributed by atoms with van der Waals surface area (Å²) in [6.07, 6.45) is 2.34. The second-order valence-corrected chi connectivity index (χ2v) is 6.20. The topological polar surface area (TPSA) is 20.3 Å². The fourth-order valence-corrected chi connectivity index (χ4v) is 3.52. The van der Waals surface area contributed by atoms with Gasteiger partial charge in [0.05, 0.1) is 5.41 Å². The van der Waals surface area contributed by atoms with Crippen molar-refractivity contribution in [1.29, 1.82) is 0 Å². The predicted molar refractivity (Wildman–Crippen MR) is 96.6 cm³/mol. The van der Waals surface area contributed by atoms with Gasteiger partial charge in [-0.2, -0.15) is 0 Å². The first-order valence-corrected chi connectivity index (χ1v) is 8.61. The molecule has 0 amide bonds. The van der Waals surface area contributed by atoms with Crippen LogP contribution in [-0.4, -0.2) is 24.8 Å². The lowest BCUT2D eigenvalue weighted by Gasteiger charge is -2.29. The van der Waals surface area contributed by atoms with Crippen LogP contribution in [0.25, 0.3) is 0 Å². The average molecular weight is 327 g/mol. The molecule has 2 aromatic carbocycles. The van der Waals surface area contributed by atoms with Gasteiger partial charge in [0.15, 0.2) is 0 Å². The van der Waals surface area contributed by atoms with Crippen LogP contribution in [0.3, 0.4) is 0 Å². The number of benzene rings is 2. The number of fused-ring (bicyclic) bond motifs is 1. The SMILES string of the molecule is CC.CN(Cc1ccccc1)CC1(C=O)CCc2c(F)cccc21. The summed E-state index contributed by atoms with van der Waals surface area (Å²) in [4.78, 5) is 14.0. The van der Waals surface area contributed by atoms with Crippen LogP contribution in [0, 0.1) is 5.82 Å². The molecule has 2 aromatic rings. The molecule has 24 heavy (non-hydrogen) atoms. The second kappa shape index (κ2) is 8.20. The Morgan fingerprint density at radius 3 is 2.50 bits per heavy atom. The molecule has 2 nitrogen and oxygen atoms in total. The van der Waals surface area contributed by atoms with E-state index < -0.39 is 5.41 Å². The summed E-state index contributed by atoms with van der Waals surface area (Å²) in [6, 6.07) is 15.3. The summed E-state index contributed by atoms with van der Waals surface area (Å²) in [7, 11) is 2.01. The fourth-order valence-electron chi connectivity index (χ4n) is 3.52. The molecule has 3 heteroatoms. The summed E-state index contributed by atoms with van der Waals surface area (Å²) in [5.74, 6) is -0.188. The highest BCUT2D eigenvalue weighted by atomic mass is 19.1. The lowest BCUT2D eigenvalue weighted by Crippen LogP contribution is -2.38. The van der Waals surface area contributed by atoms with Gasteiger partial charge in [-0.3, -0.25) is 0 Å². The summed E-state index contributed by atoms with van der Waals surface area (Å²) in [6.45, 7) is 5.39. The van der Waals surface area contributed by atoms with Gasteiger partial charge < -0.3 is 9.69 Å². The zero-order chi connectivity index (χ0) is 17.6. The number of rotatable bonds is 5. The monoisotopic (exact) mass is 327 g/mol. The van der Waals surface area contributed by atoms with Crippen molar-refractivity contribution in [2.45, 2.75) is 38.6 Å². The maximum Gasteiger partial charge on any atom is 0.131 e. The average Bonchev–Trinajstić information content (AvgIpc) is 2.98. The molecule has 0 bridgehead atoms. The molecule has 0 saturated heterocycles. The van der Waals surface area contributed by atoms with Gasteiger partial charge in [0.1, 0.15) is 12.1 Å². The van der Waals surface area contributed by atoms with E-state index in [9.17, 15) is 9.18 Å². The molecule has 0 aromatic heterocycles. The van der Waals surface area contributed by atoms with Crippen LogP contribution in [0.1, 0.15) is 37.0 Å². The van der Waals surface area contributed by atoms with E-state index in [0.29, 0.717) is 24.9 Å². The molecule has 128 valence electrons. The third-order valence-corrected chi connectivity index (χ3v) is 4.55. The van der Waals surface area contributed by atoms with Crippen molar-refractivity contribution in [1.82, 2.24) is 4.90 Å². The first-order valence-electron chi connectivity index (χ1n) is 8.61. The smallest absolute Gasteiger partial charge is 0.131 e. The molecule has 1 aliphatic rings. The molecular weight excluding hydrogens is 301 g/mol. The molecule has 0 radical (unpaired) electrons. The van der Waals surface area contributed by atoms with Gasteiger partial charge in [0, 0.05) is 13.1 Å². The van der Waals surface area contributed by atoms with Crippen LogP contribution in [0.4, 0.5) is 4.39 Å². The summed E-state index contributed by atoms with van der Waals surface area (Å²) >= 11 is 0. The Balaban J connectivity index is 0.00000100. The highest BCUT2D eigenvalue weighted by molar-refractivity contribution is 5.72. The van der Waals surface area contributed by atoms with E-state index in [2.05, 4.69) is 17.0 Å². The Kier molecular flexibility index (Phi) is 6.27. The van der Waals surface area contributed by atoms with Gasteiger partial charge in [0.25, 0.3) is 0 Å². The summed E-state index contributed by atoms with van der Waals surface area (Å²) in [5, 5.41) is 0. The Morgan fingerprint density at radius 2 is 1.83 bits per heavy atom. The first kappa shape index (κ1) is 18.3. The molecule has 0 N–H and O–H groups in total. The van der Waals surface area contributed by atoms with Crippen molar-refractivity contribution in [3.05, 3.63) is 71.0 Å². The number of hydrogen-bond acceptors (Lipinski definition) is 2. The fraction of sp³-hybridized carbons (Fsp3) is 0.381. The van der Waals surface area contributed by atoms with Crippen LogP contribution < -0.4 is 0 Å². The Morgan fingerprint density at radius 1 is 1.12 bits per heavy atom. The van der Waals surface area contributed by atoms with E-state index in [1.165, 1.54) is 11.6 Å². The summed E-state index contributed by atoms with van der Waals surface area (Å²) < 4.78 is 13.9. The van der Waals surface area contributed by atoms with Gasteiger partial charge >= 0.3 is 0 Å². The van der Waals surface area contributed by atoms with Crippen LogP contribution in [0.5, 0.6) is 0 Å². The van der Waals surface area contributed by atoms with Crippen LogP contribution in [-0.2, 0) is 23.2 Å². The largest absolute Gasteiger partial charge is 0.302 e. The lowest BCUT2D eigenvalue weighted by atomic mass is 9.83. The van der Waals surface area contributed by atoms with Gasteiger partial charge in [-0.05, 0) is 42.6 Å². The van der Waals surface area contributed by atoms with Crippen molar-refractivity contribution < 1.29 is 9.18 Å². The van der Waals surface area contributed by atoms with Crippen molar-refractivity contribution >= 4 is 6.29 Å². The molecular formula is C21H26FNO. The Labute approximate surface area is 144 Å². The van der Waals surface area contributed by atoms with Gasteiger partial charge in [-0.25, -0.2) is 4.39 Å². The molecule has 0 saturated carbocycles. The minimum absolute atomic E-state index is 0.188. The van der Waals surface area contributed by atoms with E-state index in [0.717, 1.165) is 18.4 Å². The molecule has 1 atom stereocenters. The zero-order valence-electron chi connectivity index (χ0n) is 14.8. The van der Waals surface area contributed by atoms with E-state index in [4.69, 9.17) is 0 Å². The van der Waals surface area contributed by atoms with E-state index in [1.807, 2.05) is 45.2 Å². The quantitative estimate of drug-likeness (QED) is 0.760. The second-order valence-electron chi connectivity index (χ2n) is 6.20. The van der Waals surface area contributed by atoms with Crippen molar-refractivity contribution in [2.24, 2.45) is 0 Å². The maximum absolute atomic E-state index is 13.9. The van der Waals surface area contributed by atoms with Crippen LogP contribution in [0.2, 0.25) is 0 Å². The molecule has 0 heterocycles. The normalized spacial score (nSPS) is 18.7. The Bertz CT molecular complexity index is 671. The number of halogens is 1. The number of hydrogen-bond donors (Lipinski definition) is 0. The minimum atomic E-state index is -0.582. The highest BCUT2D eigenvalue weighted by Gasteiger charge is 2.40. The van der Waals surface area contributed by atoms with E-state index in [1.54, 1.807) is 6.07 Å². The number of likely N-dealkylation sites (N-methyl/N-ethyl adjacent to an activating group) is 1. The maximum atomic E-state index is 13.9. The minimum Gasteiger partial charge on any atom is -0.302 e. The molecule has 0 spiro atoms. The number of carbonyl (C=O) groups excluding carboxylic acids is 1. The molecule has 3 rings (SSSR count). The van der Waals surface area contributed by atoms with E-state index >= 15 is 0 Å². The number of nitrogens with zero attached hydrogens (tertiary/aromatic N) is 1. The number of carbonyl (C=O) groups is 1. The van der Waals surface area contributed by atoms with Gasteiger partial charge in [0.2, 0.25) is 0 Å². The van der Waals surface area contributed by atoms with Gasteiger partial charge in [-0.15, -0.1) is 0 Å². The highest BCUT2D eigenvalue weighted by Crippen LogP contribution is 2.39. The van der Waals surface area contributed by atoms with Crippen molar-refractivity contribution in [3.8, 4) is 0 Å². The third kappa shape index (κ3) is 3.73. The Hall–Kier alpha value is -2.00. The standard InChI is InChI=1S/C19H20FNO.C2H6/c1-21(12-15-6-3-2-4-7-15)13-19(14-22)11-10-16-17(19)8-5-9-18(16)20;1-2/h2-9,14H,10-13H2,1H3;1-2H3. The van der Waals surface area contributed by atoms with Crippen LogP contribution >= 0.6 is 0 Å². The van der Waals surface area contributed by atoms with Gasteiger partial charge in [-0.1, -0.05) is 56.3 Å². The molecule has 1 aliphatic carbocycles. The summed E-state index contributed by atoms with van der Waals surface area (Å²) in [5.41, 5.74) is 2.20.